The van der Waals surface area contributed by atoms with Gasteiger partial charge in [-0.1, -0.05) is 6.07 Å². The molecule has 78 valence electrons. The van der Waals surface area contributed by atoms with Crippen molar-refractivity contribution in [2.45, 2.75) is 12.5 Å². The highest BCUT2D eigenvalue weighted by molar-refractivity contribution is 7.09. The van der Waals surface area contributed by atoms with Crippen molar-refractivity contribution in [3.8, 4) is 0 Å². The van der Waals surface area contributed by atoms with Crippen molar-refractivity contribution in [3.63, 3.8) is 0 Å². The number of thiophene rings is 1. The molecule has 1 unspecified atom stereocenters. The molecule has 0 aliphatic rings. The maximum Gasteiger partial charge on any atom is 0.141 e. The second kappa shape index (κ2) is 4.51. The van der Waals surface area contributed by atoms with E-state index >= 15 is 0 Å². The molecular formula is C11H11FN2S. The number of nitrogens with two attached hydrogens (primary N) is 1. The van der Waals surface area contributed by atoms with Crippen molar-refractivity contribution in [1.82, 2.24) is 4.98 Å². The number of hydrogen-bond acceptors (Lipinski definition) is 3. The first-order chi connectivity index (χ1) is 7.25. The lowest BCUT2D eigenvalue weighted by Gasteiger charge is -2.09. The van der Waals surface area contributed by atoms with Gasteiger partial charge in [-0.25, -0.2) is 4.39 Å². The third-order valence-corrected chi connectivity index (χ3v) is 3.03. The van der Waals surface area contributed by atoms with E-state index in [1.807, 2.05) is 17.5 Å². The lowest BCUT2D eigenvalue weighted by Crippen LogP contribution is -2.14. The van der Waals surface area contributed by atoms with Gasteiger partial charge in [0.2, 0.25) is 0 Å². The van der Waals surface area contributed by atoms with E-state index in [9.17, 15) is 4.39 Å². The van der Waals surface area contributed by atoms with Crippen LogP contribution in [0.2, 0.25) is 0 Å². The molecule has 0 saturated heterocycles. The summed E-state index contributed by atoms with van der Waals surface area (Å²) in [4.78, 5) is 5.18. The summed E-state index contributed by atoms with van der Waals surface area (Å²) in [6.45, 7) is 0. The number of hydrogen-bond donors (Lipinski definition) is 1. The van der Waals surface area contributed by atoms with Gasteiger partial charge in [0.1, 0.15) is 5.82 Å². The van der Waals surface area contributed by atoms with Crippen molar-refractivity contribution in [2.24, 2.45) is 5.73 Å². The highest BCUT2D eigenvalue weighted by Gasteiger charge is 2.08. The monoisotopic (exact) mass is 222 g/mol. The summed E-state index contributed by atoms with van der Waals surface area (Å²) in [5, 5.41) is 2.01. The van der Waals surface area contributed by atoms with E-state index in [4.69, 9.17) is 5.73 Å². The largest absolute Gasteiger partial charge is 0.322 e. The minimum atomic E-state index is -0.331. The van der Waals surface area contributed by atoms with Crippen molar-refractivity contribution in [2.75, 3.05) is 0 Å². The van der Waals surface area contributed by atoms with Gasteiger partial charge in [0.05, 0.1) is 17.9 Å². The van der Waals surface area contributed by atoms with Crippen LogP contribution in [-0.2, 0) is 6.42 Å². The van der Waals surface area contributed by atoms with Gasteiger partial charge in [0.15, 0.2) is 0 Å². The van der Waals surface area contributed by atoms with Crippen LogP contribution in [-0.4, -0.2) is 4.98 Å². The van der Waals surface area contributed by atoms with Crippen LogP contribution in [0.15, 0.2) is 35.8 Å². The second-order valence-corrected chi connectivity index (χ2v) is 4.32. The maximum absolute atomic E-state index is 12.6. The number of halogens is 1. The Bertz CT molecular complexity index is 411. The fourth-order valence-electron chi connectivity index (χ4n) is 1.36. The zero-order valence-electron chi connectivity index (χ0n) is 8.06. The normalized spacial score (nSPS) is 12.7. The molecule has 2 nitrogen and oxygen atoms in total. The van der Waals surface area contributed by atoms with Crippen LogP contribution in [0, 0.1) is 5.82 Å². The summed E-state index contributed by atoms with van der Waals surface area (Å²) in [5.74, 6) is -0.331. The minimum absolute atomic E-state index is 0.163. The minimum Gasteiger partial charge on any atom is -0.322 e. The summed E-state index contributed by atoms with van der Waals surface area (Å²) in [7, 11) is 0. The first-order valence-electron chi connectivity index (χ1n) is 4.65. The van der Waals surface area contributed by atoms with Gasteiger partial charge in [-0.2, -0.15) is 0 Å². The average Bonchev–Trinajstić information content (AvgIpc) is 2.71. The summed E-state index contributed by atoms with van der Waals surface area (Å²) >= 11 is 1.67. The molecular weight excluding hydrogens is 211 g/mol. The molecule has 2 rings (SSSR count). The molecule has 0 radical (unpaired) electrons. The van der Waals surface area contributed by atoms with E-state index in [1.165, 1.54) is 17.1 Å². The van der Waals surface area contributed by atoms with Crippen LogP contribution in [0.5, 0.6) is 0 Å². The summed E-state index contributed by atoms with van der Waals surface area (Å²) in [6.07, 6.45) is 1.94. The molecule has 0 aliphatic carbocycles. The second-order valence-electron chi connectivity index (χ2n) is 3.29. The fraction of sp³-hybridized carbons (Fsp3) is 0.182. The Morgan fingerprint density at radius 3 is 2.87 bits per heavy atom. The van der Waals surface area contributed by atoms with E-state index in [-0.39, 0.29) is 11.9 Å². The number of aromatic nitrogens is 1. The molecule has 2 aromatic heterocycles. The predicted octanol–water partition coefficient (Wildman–Crippen LogP) is 2.52. The highest BCUT2D eigenvalue weighted by atomic mass is 32.1. The SMILES string of the molecule is NC(Cc1cccs1)c1ccc(F)cn1. The van der Waals surface area contributed by atoms with Crippen molar-refractivity contribution in [1.29, 1.82) is 0 Å². The number of pyridine rings is 1. The Morgan fingerprint density at radius 1 is 1.40 bits per heavy atom. The molecule has 4 heteroatoms. The van der Waals surface area contributed by atoms with Crippen LogP contribution in [0.3, 0.4) is 0 Å². The van der Waals surface area contributed by atoms with Gasteiger partial charge < -0.3 is 5.73 Å². The van der Waals surface area contributed by atoms with Crippen molar-refractivity contribution in [3.05, 3.63) is 52.2 Å². The molecule has 0 aromatic carbocycles. The number of rotatable bonds is 3. The molecule has 1 atom stereocenters. The molecule has 0 saturated carbocycles. The Kier molecular flexibility index (Phi) is 3.08. The topological polar surface area (TPSA) is 38.9 Å². The Hall–Kier alpha value is -1.26. The third kappa shape index (κ3) is 2.61. The van der Waals surface area contributed by atoms with Gasteiger partial charge in [-0.05, 0) is 23.6 Å². The molecule has 0 spiro atoms. The van der Waals surface area contributed by atoms with Gasteiger partial charge in [-0.3, -0.25) is 4.98 Å². The number of nitrogens with zero attached hydrogens (tertiary/aromatic N) is 1. The van der Waals surface area contributed by atoms with Crippen molar-refractivity contribution >= 4 is 11.3 Å². The van der Waals surface area contributed by atoms with Crippen molar-refractivity contribution < 1.29 is 4.39 Å². The Labute approximate surface area is 91.6 Å². The lowest BCUT2D eigenvalue weighted by atomic mass is 10.1. The maximum atomic E-state index is 12.6. The van der Waals surface area contributed by atoms with Crippen LogP contribution in [0.25, 0.3) is 0 Å². The molecule has 0 fully saturated rings. The molecule has 0 bridgehead atoms. The smallest absolute Gasteiger partial charge is 0.141 e. The van der Waals surface area contributed by atoms with Crippen LogP contribution >= 0.6 is 11.3 Å². The Morgan fingerprint density at radius 2 is 2.27 bits per heavy atom. The summed E-state index contributed by atoms with van der Waals surface area (Å²) in [5.41, 5.74) is 6.68. The lowest BCUT2D eigenvalue weighted by molar-refractivity contribution is 0.612. The standard InChI is InChI=1S/C11H11FN2S/c12-8-3-4-11(14-7-8)10(13)6-9-2-1-5-15-9/h1-5,7,10H,6,13H2. The molecule has 2 heterocycles. The quantitative estimate of drug-likeness (QED) is 0.866. The van der Waals surface area contributed by atoms with Crippen LogP contribution < -0.4 is 5.73 Å². The molecule has 0 aliphatic heterocycles. The van der Waals surface area contributed by atoms with E-state index < -0.39 is 0 Å². The third-order valence-electron chi connectivity index (χ3n) is 2.13. The zero-order chi connectivity index (χ0) is 10.7. The first-order valence-corrected chi connectivity index (χ1v) is 5.53. The highest BCUT2D eigenvalue weighted by Crippen LogP contribution is 2.17. The summed E-state index contributed by atoms with van der Waals surface area (Å²) in [6, 6.07) is 6.88. The van der Waals surface area contributed by atoms with E-state index in [2.05, 4.69) is 4.98 Å². The first kappa shape index (κ1) is 10.3. The van der Waals surface area contributed by atoms with Crippen LogP contribution in [0.4, 0.5) is 4.39 Å². The molecule has 0 amide bonds. The van der Waals surface area contributed by atoms with E-state index in [0.29, 0.717) is 0 Å². The van der Waals surface area contributed by atoms with Crippen LogP contribution in [0.1, 0.15) is 16.6 Å². The van der Waals surface area contributed by atoms with Gasteiger partial charge >= 0.3 is 0 Å². The summed E-state index contributed by atoms with van der Waals surface area (Å²) < 4.78 is 12.6. The van der Waals surface area contributed by atoms with E-state index in [0.717, 1.165) is 12.1 Å². The average molecular weight is 222 g/mol. The Balaban J connectivity index is 2.08. The van der Waals surface area contributed by atoms with E-state index in [1.54, 1.807) is 17.4 Å². The fourth-order valence-corrected chi connectivity index (χ4v) is 2.12. The zero-order valence-corrected chi connectivity index (χ0v) is 8.88. The molecule has 15 heavy (non-hydrogen) atoms. The van der Waals surface area contributed by atoms with Gasteiger partial charge in [0.25, 0.3) is 0 Å². The molecule has 2 aromatic rings. The predicted molar refractivity (Wildman–Crippen MR) is 59.1 cm³/mol. The van der Waals surface area contributed by atoms with Gasteiger partial charge in [0, 0.05) is 11.3 Å². The van der Waals surface area contributed by atoms with Gasteiger partial charge in [-0.15, -0.1) is 11.3 Å². The molecule has 2 N–H and O–H groups in total.